The van der Waals surface area contributed by atoms with Crippen molar-refractivity contribution in [2.24, 2.45) is 0 Å². The molecular weight excluding hydrogens is 362 g/mol. The normalized spacial score (nSPS) is 11.1. The Morgan fingerprint density at radius 3 is 2.78 bits per heavy atom. The summed E-state index contributed by atoms with van der Waals surface area (Å²) in [6.45, 7) is 7.29. The van der Waals surface area contributed by atoms with Crippen molar-refractivity contribution >= 4 is 17.7 Å². The number of nitrogens with zero attached hydrogens (tertiary/aromatic N) is 5. The van der Waals surface area contributed by atoms with Gasteiger partial charge >= 0.3 is 0 Å². The topological polar surface area (TPSA) is 77.1 Å². The van der Waals surface area contributed by atoms with Gasteiger partial charge in [-0.1, -0.05) is 17.8 Å². The van der Waals surface area contributed by atoms with Gasteiger partial charge in [-0.05, 0) is 44.5 Å². The van der Waals surface area contributed by atoms with Crippen LogP contribution in [0.1, 0.15) is 26.3 Å². The van der Waals surface area contributed by atoms with Gasteiger partial charge in [-0.2, -0.15) is 0 Å². The first-order chi connectivity index (χ1) is 13.1. The monoisotopic (exact) mass is 385 g/mol. The van der Waals surface area contributed by atoms with Crippen molar-refractivity contribution in [2.75, 3.05) is 5.75 Å². The minimum absolute atomic E-state index is 0.0593. The summed E-state index contributed by atoms with van der Waals surface area (Å²) >= 11 is 1.39. The number of carbonyl (C=O) groups excluding carboxylic acids is 1. The zero-order valence-electron chi connectivity index (χ0n) is 15.7. The van der Waals surface area contributed by atoms with Crippen molar-refractivity contribution in [2.45, 2.75) is 45.1 Å². The van der Waals surface area contributed by atoms with Gasteiger partial charge in [0, 0.05) is 31.5 Å². The van der Waals surface area contributed by atoms with E-state index in [1.54, 1.807) is 18.7 Å². The smallest absolute Gasteiger partial charge is 0.233 e. The Balaban J connectivity index is 1.69. The molecule has 0 spiro atoms. The Morgan fingerprint density at radius 1 is 1.30 bits per heavy atom. The molecule has 3 heterocycles. The molecular formula is C19H23N5O2S. The van der Waals surface area contributed by atoms with E-state index >= 15 is 0 Å². The maximum atomic E-state index is 12.8. The van der Waals surface area contributed by atoms with E-state index in [9.17, 15) is 4.79 Å². The number of aromatic nitrogens is 4. The summed E-state index contributed by atoms with van der Waals surface area (Å²) in [4.78, 5) is 18.8. The molecule has 0 unspecified atom stereocenters. The van der Waals surface area contributed by atoms with E-state index in [1.165, 1.54) is 11.8 Å². The van der Waals surface area contributed by atoms with E-state index in [-0.39, 0.29) is 11.9 Å². The molecule has 0 radical (unpaired) electrons. The molecule has 0 aliphatic carbocycles. The fraction of sp³-hybridized carbons (Fsp3) is 0.368. The summed E-state index contributed by atoms with van der Waals surface area (Å²) in [6.07, 6.45) is 5.13. The summed E-state index contributed by atoms with van der Waals surface area (Å²) in [7, 11) is 0. The van der Waals surface area contributed by atoms with Gasteiger partial charge < -0.3 is 9.32 Å². The highest BCUT2D eigenvalue weighted by Gasteiger charge is 2.20. The molecule has 27 heavy (non-hydrogen) atoms. The van der Waals surface area contributed by atoms with E-state index in [1.807, 2.05) is 54.5 Å². The van der Waals surface area contributed by atoms with Crippen molar-refractivity contribution in [3.8, 4) is 11.6 Å². The molecule has 3 aromatic rings. The van der Waals surface area contributed by atoms with Crippen LogP contribution in [0.4, 0.5) is 0 Å². The predicted molar refractivity (Wildman–Crippen MR) is 104 cm³/mol. The third-order valence-corrected chi connectivity index (χ3v) is 5.07. The van der Waals surface area contributed by atoms with Crippen molar-refractivity contribution in [3.63, 3.8) is 0 Å². The van der Waals surface area contributed by atoms with E-state index in [0.29, 0.717) is 35.6 Å². The van der Waals surface area contributed by atoms with E-state index in [0.717, 1.165) is 5.56 Å². The van der Waals surface area contributed by atoms with Crippen molar-refractivity contribution < 1.29 is 9.21 Å². The standard InChI is InChI=1S/C19H23N5O2S/c1-4-23-18(16-8-6-10-26-16)21-22-19(23)27-13-17(25)24(14(2)3)12-15-7-5-9-20-11-15/h5-11,14H,4,12-13H2,1-3H3. The molecule has 3 aromatic heterocycles. The number of rotatable bonds is 8. The number of hydrogen-bond acceptors (Lipinski definition) is 6. The summed E-state index contributed by atoms with van der Waals surface area (Å²) in [5.74, 6) is 1.70. The van der Waals surface area contributed by atoms with Gasteiger partial charge in [0.2, 0.25) is 5.91 Å². The van der Waals surface area contributed by atoms with Crippen LogP contribution in [0.15, 0.2) is 52.5 Å². The largest absolute Gasteiger partial charge is 0.461 e. The van der Waals surface area contributed by atoms with Crippen LogP contribution in [0.5, 0.6) is 0 Å². The molecule has 0 aromatic carbocycles. The first-order valence-electron chi connectivity index (χ1n) is 8.88. The fourth-order valence-electron chi connectivity index (χ4n) is 2.72. The van der Waals surface area contributed by atoms with E-state index in [2.05, 4.69) is 15.2 Å². The van der Waals surface area contributed by atoms with Crippen LogP contribution in [0.2, 0.25) is 0 Å². The Kier molecular flexibility index (Phi) is 6.28. The highest BCUT2D eigenvalue weighted by atomic mass is 32.2. The van der Waals surface area contributed by atoms with Crippen LogP contribution >= 0.6 is 11.8 Å². The molecule has 0 N–H and O–H groups in total. The van der Waals surface area contributed by atoms with Gasteiger partial charge in [-0.3, -0.25) is 14.3 Å². The molecule has 0 bridgehead atoms. The van der Waals surface area contributed by atoms with Crippen LogP contribution in [-0.2, 0) is 17.9 Å². The number of hydrogen-bond donors (Lipinski definition) is 0. The van der Waals surface area contributed by atoms with Crippen molar-refractivity contribution in [3.05, 3.63) is 48.5 Å². The minimum Gasteiger partial charge on any atom is -0.461 e. The molecule has 0 saturated heterocycles. The average Bonchev–Trinajstić information content (AvgIpc) is 3.33. The van der Waals surface area contributed by atoms with Crippen LogP contribution in [0.25, 0.3) is 11.6 Å². The van der Waals surface area contributed by atoms with Crippen LogP contribution in [0, 0.1) is 0 Å². The molecule has 3 rings (SSSR count). The van der Waals surface area contributed by atoms with Gasteiger partial charge in [0.05, 0.1) is 12.0 Å². The number of pyridine rings is 1. The first kappa shape index (κ1) is 19.2. The Labute approximate surface area is 162 Å². The predicted octanol–water partition coefficient (Wildman–Crippen LogP) is 3.48. The zero-order chi connectivity index (χ0) is 19.2. The molecule has 142 valence electrons. The van der Waals surface area contributed by atoms with Gasteiger partial charge in [0.15, 0.2) is 16.7 Å². The highest BCUT2D eigenvalue weighted by Crippen LogP contribution is 2.24. The number of carbonyl (C=O) groups is 1. The SMILES string of the molecule is CCn1c(SCC(=O)N(Cc2cccnc2)C(C)C)nnc1-c1ccco1. The molecule has 0 aliphatic rings. The maximum Gasteiger partial charge on any atom is 0.233 e. The maximum absolute atomic E-state index is 12.8. The molecule has 0 atom stereocenters. The summed E-state index contributed by atoms with van der Waals surface area (Å²) in [6, 6.07) is 7.63. The summed E-state index contributed by atoms with van der Waals surface area (Å²) < 4.78 is 7.38. The average molecular weight is 385 g/mol. The number of thioether (sulfide) groups is 1. The summed E-state index contributed by atoms with van der Waals surface area (Å²) in [5, 5.41) is 9.17. The third kappa shape index (κ3) is 4.57. The highest BCUT2D eigenvalue weighted by molar-refractivity contribution is 7.99. The molecule has 7 nitrogen and oxygen atoms in total. The lowest BCUT2D eigenvalue weighted by atomic mass is 10.2. The lowest BCUT2D eigenvalue weighted by molar-refractivity contribution is -0.130. The van der Waals surface area contributed by atoms with Crippen LogP contribution in [-0.4, -0.2) is 42.4 Å². The fourth-order valence-corrected chi connectivity index (χ4v) is 3.61. The quantitative estimate of drug-likeness (QED) is 0.553. The van der Waals surface area contributed by atoms with Crippen LogP contribution < -0.4 is 0 Å². The Bertz CT molecular complexity index is 862. The van der Waals surface area contributed by atoms with Crippen molar-refractivity contribution in [1.82, 2.24) is 24.6 Å². The van der Waals surface area contributed by atoms with Gasteiger partial charge in [0.25, 0.3) is 0 Å². The van der Waals surface area contributed by atoms with Crippen LogP contribution in [0.3, 0.4) is 0 Å². The van der Waals surface area contributed by atoms with E-state index in [4.69, 9.17) is 4.42 Å². The summed E-state index contributed by atoms with van der Waals surface area (Å²) in [5.41, 5.74) is 1.02. The zero-order valence-corrected chi connectivity index (χ0v) is 16.5. The van der Waals surface area contributed by atoms with E-state index < -0.39 is 0 Å². The first-order valence-corrected chi connectivity index (χ1v) is 9.87. The Hall–Kier alpha value is -2.61. The number of furan rings is 1. The van der Waals surface area contributed by atoms with Gasteiger partial charge in [-0.15, -0.1) is 10.2 Å². The second-order valence-corrected chi connectivity index (χ2v) is 7.24. The second-order valence-electron chi connectivity index (χ2n) is 6.29. The number of amides is 1. The Morgan fingerprint density at radius 2 is 2.15 bits per heavy atom. The van der Waals surface area contributed by atoms with Gasteiger partial charge in [0.1, 0.15) is 0 Å². The lowest BCUT2D eigenvalue weighted by Gasteiger charge is -2.26. The molecule has 0 saturated carbocycles. The molecule has 0 aliphatic heterocycles. The second kappa shape index (κ2) is 8.85. The molecule has 0 fully saturated rings. The molecule has 8 heteroatoms. The minimum atomic E-state index is 0.0593. The molecule has 1 amide bonds. The van der Waals surface area contributed by atoms with Crippen molar-refractivity contribution in [1.29, 1.82) is 0 Å². The van der Waals surface area contributed by atoms with Gasteiger partial charge in [-0.25, -0.2) is 0 Å². The third-order valence-electron chi connectivity index (χ3n) is 4.12. The lowest BCUT2D eigenvalue weighted by Crippen LogP contribution is -2.37.